The largest absolute Gasteiger partial charge is 0.308 e. The summed E-state index contributed by atoms with van der Waals surface area (Å²) in [6, 6.07) is 10.6. The Morgan fingerprint density at radius 1 is 1.23 bits per heavy atom. The maximum absolute atomic E-state index is 13.4. The predicted octanol–water partition coefficient (Wildman–Crippen LogP) is 4.87. The van der Waals surface area contributed by atoms with Crippen LogP contribution in [0.25, 0.3) is 10.2 Å². The molecule has 3 rings (SSSR count). The molecule has 0 unspecified atom stereocenters. The molecule has 0 atom stereocenters. The number of nitro benzene ring substituents is 1. The van der Waals surface area contributed by atoms with Gasteiger partial charge in [0.05, 0.1) is 15.1 Å². The highest BCUT2D eigenvalue weighted by molar-refractivity contribution is 7.98. The number of halogens is 1. The SMILES string of the molecule is CSc1ccc2nc(N(CCN(C)C)C(=O)c3cccc([N+](=O)[O-])c3C)sc2c1.Cl. The first-order valence-corrected chi connectivity index (χ1v) is 11.0. The third-order valence-corrected chi connectivity index (χ3v) is 6.33. The van der Waals surface area contributed by atoms with Gasteiger partial charge < -0.3 is 4.90 Å². The van der Waals surface area contributed by atoms with Crippen molar-refractivity contribution in [1.82, 2.24) is 9.88 Å². The number of carbonyl (C=O) groups excluding carboxylic acids is 1. The number of aromatic nitrogens is 1. The van der Waals surface area contributed by atoms with Gasteiger partial charge in [-0.05, 0) is 51.5 Å². The van der Waals surface area contributed by atoms with E-state index in [9.17, 15) is 14.9 Å². The molecule has 1 heterocycles. The summed E-state index contributed by atoms with van der Waals surface area (Å²) < 4.78 is 1.00. The van der Waals surface area contributed by atoms with E-state index in [1.54, 1.807) is 35.7 Å². The molecular weight excluding hydrogens is 444 g/mol. The van der Waals surface area contributed by atoms with E-state index < -0.39 is 4.92 Å². The first-order valence-electron chi connectivity index (χ1n) is 8.97. The summed E-state index contributed by atoms with van der Waals surface area (Å²) in [6.45, 7) is 2.69. The molecule has 0 fully saturated rings. The zero-order valence-corrected chi connectivity index (χ0v) is 19.6. The van der Waals surface area contributed by atoms with Gasteiger partial charge in [-0.25, -0.2) is 4.98 Å². The van der Waals surface area contributed by atoms with Crippen molar-refractivity contribution < 1.29 is 9.72 Å². The highest BCUT2D eigenvalue weighted by Crippen LogP contribution is 2.33. The lowest BCUT2D eigenvalue weighted by molar-refractivity contribution is -0.385. The summed E-state index contributed by atoms with van der Waals surface area (Å²) >= 11 is 3.11. The Morgan fingerprint density at radius 2 is 1.97 bits per heavy atom. The van der Waals surface area contributed by atoms with E-state index in [2.05, 4.69) is 11.1 Å². The highest BCUT2D eigenvalue weighted by atomic mass is 35.5. The maximum atomic E-state index is 13.4. The molecule has 0 saturated heterocycles. The van der Waals surface area contributed by atoms with Crippen LogP contribution in [0.3, 0.4) is 0 Å². The molecule has 0 saturated carbocycles. The summed E-state index contributed by atoms with van der Waals surface area (Å²) in [4.78, 5) is 33.6. The molecule has 0 aliphatic heterocycles. The maximum Gasteiger partial charge on any atom is 0.273 e. The van der Waals surface area contributed by atoms with Crippen molar-refractivity contribution in [3.63, 3.8) is 0 Å². The van der Waals surface area contributed by atoms with Crippen molar-refractivity contribution in [2.45, 2.75) is 11.8 Å². The Morgan fingerprint density at radius 3 is 2.60 bits per heavy atom. The van der Waals surface area contributed by atoms with Crippen molar-refractivity contribution in [3.05, 3.63) is 57.6 Å². The number of benzene rings is 2. The number of amides is 1. The summed E-state index contributed by atoms with van der Waals surface area (Å²) in [5.41, 5.74) is 1.46. The van der Waals surface area contributed by atoms with E-state index in [0.29, 0.717) is 29.3 Å². The Hall–Kier alpha value is -2.20. The van der Waals surface area contributed by atoms with Crippen LogP contribution >= 0.6 is 35.5 Å². The number of hydrogen-bond donors (Lipinski definition) is 0. The number of thiazole rings is 1. The second-order valence-corrected chi connectivity index (χ2v) is 8.69. The van der Waals surface area contributed by atoms with Crippen LogP contribution in [-0.4, -0.2) is 54.2 Å². The molecule has 0 spiro atoms. The van der Waals surface area contributed by atoms with Crippen LogP contribution in [0.1, 0.15) is 15.9 Å². The summed E-state index contributed by atoms with van der Waals surface area (Å²) in [7, 11) is 3.87. The van der Waals surface area contributed by atoms with Gasteiger partial charge in [0, 0.05) is 35.2 Å². The minimum Gasteiger partial charge on any atom is -0.308 e. The van der Waals surface area contributed by atoms with Crippen LogP contribution in [0.15, 0.2) is 41.3 Å². The average molecular weight is 467 g/mol. The van der Waals surface area contributed by atoms with E-state index in [1.165, 1.54) is 17.4 Å². The minimum atomic E-state index is -0.460. The third kappa shape index (κ3) is 5.10. The number of carbonyl (C=O) groups is 1. The Kier molecular flexibility index (Phi) is 8.19. The quantitative estimate of drug-likeness (QED) is 0.281. The highest BCUT2D eigenvalue weighted by Gasteiger charge is 2.25. The Labute approximate surface area is 189 Å². The Balaban J connectivity index is 0.00000320. The minimum absolute atomic E-state index is 0. The topological polar surface area (TPSA) is 79.6 Å². The van der Waals surface area contributed by atoms with Crippen molar-refractivity contribution >= 4 is 62.4 Å². The fourth-order valence-corrected chi connectivity index (χ4v) is 4.46. The second-order valence-electron chi connectivity index (χ2n) is 6.80. The molecule has 10 heteroatoms. The van der Waals surface area contributed by atoms with Crippen LogP contribution in [0.5, 0.6) is 0 Å². The zero-order chi connectivity index (χ0) is 21.1. The number of nitrogens with zero attached hydrogens (tertiary/aromatic N) is 4. The fourth-order valence-electron chi connectivity index (χ4n) is 2.92. The number of rotatable bonds is 7. The van der Waals surface area contributed by atoms with Gasteiger partial charge in [0.1, 0.15) is 0 Å². The number of likely N-dealkylation sites (N-methyl/N-ethyl adjacent to an activating group) is 1. The molecule has 160 valence electrons. The lowest BCUT2D eigenvalue weighted by Crippen LogP contribution is -2.37. The number of nitro groups is 1. The van der Waals surface area contributed by atoms with Crippen molar-refractivity contribution in [3.8, 4) is 0 Å². The zero-order valence-electron chi connectivity index (χ0n) is 17.1. The number of hydrogen-bond acceptors (Lipinski definition) is 7. The molecule has 0 N–H and O–H groups in total. The number of anilines is 1. The molecule has 0 radical (unpaired) electrons. The monoisotopic (exact) mass is 466 g/mol. The van der Waals surface area contributed by atoms with Crippen LogP contribution in [-0.2, 0) is 0 Å². The molecule has 7 nitrogen and oxygen atoms in total. The lowest BCUT2D eigenvalue weighted by Gasteiger charge is -2.22. The van der Waals surface area contributed by atoms with Crippen molar-refractivity contribution in [2.24, 2.45) is 0 Å². The lowest BCUT2D eigenvalue weighted by atomic mass is 10.1. The average Bonchev–Trinajstić information content (AvgIpc) is 3.10. The van der Waals surface area contributed by atoms with Gasteiger partial charge in [-0.1, -0.05) is 17.4 Å². The van der Waals surface area contributed by atoms with E-state index in [1.807, 2.05) is 37.4 Å². The molecule has 1 aromatic heterocycles. The first kappa shape index (κ1) is 24.1. The molecule has 0 aliphatic rings. The van der Waals surface area contributed by atoms with Gasteiger partial charge >= 0.3 is 0 Å². The van der Waals surface area contributed by atoms with Gasteiger partial charge in [-0.15, -0.1) is 24.2 Å². The van der Waals surface area contributed by atoms with Gasteiger partial charge in [0.15, 0.2) is 5.13 Å². The van der Waals surface area contributed by atoms with Gasteiger partial charge in [0.25, 0.3) is 11.6 Å². The number of fused-ring (bicyclic) bond motifs is 1. The predicted molar refractivity (Wildman–Crippen MR) is 127 cm³/mol. The standard InChI is InChI=1S/C20H22N4O3S2.ClH/c1-13-15(6-5-7-17(13)24(26)27)19(25)23(11-10-22(2)3)20-21-16-9-8-14(28-4)12-18(16)29-20;/h5-9,12H,10-11H2,1-4H3;1H. The molecule has 1 amide bonds. The van der Waals surface area contributed by atoms with E-state index in [-0.39, 0.29) is 24.0 Å². The van der Waals surface area contributed by atoms with E-state index in [4.69, 9.17) is 0 Å². The van der Waals surface area contributed by atoms with Gasteiger partial charge in [-0.3, -0.25) is 19.8 Å². The molecule has 2 aromatic carbocycles. The van der Waals surface area contributed by atoms with Crippen molar-refractivity contribution in [2.75, 3.05) is 38.3 Å². The summed E-state index contributed by atoms with van der Waals surface area (Å²) in [5, 5.41) is 11.9. The normalized spacial score (nSPS) is 10.8. The van der Waals surface area contributed by atoms with Crippen LogP contribution in [0.2, 0.25) is 0 Å². The fraction of sp³-hybridized carbons (Fsp3) is 0.300. The Bertz CT molecular complexity index is 1070. The summed E-state index contributed by atoms with van der Waals surface area (Å²) in [5.74, 6) is -0.280. The van der Waals surface area contributed by atoms with Crippen LogP contribution in [0, 0.1) is 17.0 Å². The molecule has 3 aromatic rings. The van der Waals surface area contributed by atoms with E-state index >= 15 is 0 Å². The van der Waals surface area contributed by atoms with Crippen LogP contribution < -0.4 is 4.90 Å². The smallest absolute Gasteiger partial charge is 0.273 e. The molecular formula is C20H23ClN4O3S2. The molecule has 30 heavy (non-hydrogen) atoms. The molecule has 0 aliphatic carbocycles. The van der Waals surface area contributed by atoms with E-state index in [0.717, 1.165) is 15.1 Å². The number of thioether (sulfide) groups is 1. The van der Waals surface area contributed by atoms with Crippen LogP contribution in [0.4, 0.5) is 10.8 Å². The first-order chi connectivity index (χ1) is 13.8. The van der Waals surface area contributed by atoms with Gasteiger partial charge in [0.2, 0.25) is 0 Å². The second kappa shape index (κ2) is 10.2. The summed E-state index contributed by atoms with van der Waals surface area (Å²) in [6.07, 6.45) is 2.01. The molecule has 0 bridgehead atoms. The third-order valence-electron chi connectivity index (χ3n) is 4.56. The van der Waals surface area contributed by atoms with Crippen molar-refractivity contribution in [1.29, 1.82) is 0 Å². The van der Waals surface area contributed by atoms with Gasteiger partial charge in [-0.2, -0.15) is 0 Å².